The minimum absolute atomic E-state index is 0.0749. The Morgan fingerprint density at radius 1 is 1.40 bits per heavy atom. The van der Waals surface area contributed by atoms with Gasteiger partial charge >= 0.3 is 0 Å². The molecule has 1 atom stereocenters. The number of carbonyl (C=O) groups is 2. The van der Waals surface area contributed by atoms with E-state index in [4.69, 9.17) is 27.4 Å². The van der Waals surface area contributed by atoms with Crippen LogP contribution in [0.15, 0.2) is 27.9 Å². The van der Waals surface area contributed by atoms with Crippen molar-refractivity contribution in [3.63, 3.8) is 0 Å². The molecule has 134 valence electrons. The summed E-state index contributed by atoms with van der Waals surface area (Å²) in [5, 5.41) is 6.48. The fourth-order valence-corrected chi connectivity index (χ4v) is 3.45. The van der Waals surface area contributed by atoms with Gasteiger partial charge in [-0.25, -0.2) is 0 Å². The third-order valence-electron chi connectivity index (χ3n) is 3.59. The van der Waals surface area contributed by atoms with E-state index in [0.29, 0.717) is 32.4 Å². The molecule has 1 unspecified atom stereocenters. The van der Waals surface area contributed by atoms with E-state index in [0.717, 1.165) is 5.56 Å². The summed E-state index contributed by atoms with van der Waals surface area (Å²) in [7, 11) is 1.48. The first-order chi connectivity index (χ1) is 11.7. The van der Waals surface area contributed by atoms with Crippen molar-refractivity contribution in [3.05, 3.63) is 33.4 Å². The maximum atomic E-state index is 12.1. The Hall–Kier alpha value is -2.13. The topological polar surface area (TPSA) is 103 Å². The van der Waals surface area contributed by atoms with Crippen LogP contribution in [0.5, 0.6) is 11.5 Å². The zero-order valence-electron chi connectivity index (χ0n) is 13.9. The van der Waals surface area contributed by atoms with Gasteiger partial charge in [0.15, 0.2) is 29.0 Å². The monoisotopic (exact) mass is 427 g/mol. The molecule has 1 aromatic rings. The van der Waals surface area contributed by atoms with Crippen LogP contribution in [-0.2, 0) is 9.59 Å². The van der Waals surface area contributed by atoms with Gasteiger partial charge in [0, 0.05) is 11.3 Å². The normalized spacial score (nSPS) is 16.8. The van der Waals surface area contributed by atoms with Gasteiger partial charge in [0.25, 0.3) is 5.91 Å². The van der Waals surface area contributed by atoms with E-state index in [2.05, 4.69) is 26.6 Å². The minimum Gasteiger partial charge on any atom is -0.493 e. The lowest BCUT2D eigenvalue weighted by Gasteiger charge is -2.30. The van der Waals surface area contributed by atoms with Crippen molar-refractivity contribution in [2.24, 2.45) is 5.73 Å². The van der Waals surface area contributed by atoms with E-state index in [1.165, 1.54) is 14.0 Å². The number of nitrogens with one attached hydrogen (secondary N) is 2. The molecular formula is C16H18BrN3O4S. The number of carbonyl (C=O) groups excluding carboxylic acids is 2. The van der Waals surface area contributed by atoms with Gasteiger partial charge in [-0.05, 0) is 59.7 Å². The first kappa shape index (κ1) is 19.2. The van der Waals surface area contributed by atoms with Crippen LogP contribution in [0.2, 0.25) is 0 Å². The smallest absolute Gasteiger partial charge is 0.255 e. The average molecular weight is 428 g/mol. The molecule has 1 heterocycles. The van der Waals surface area contributed by atoms with E-state index in [1.807, 2.05) is 0 Å². The van der Waals surface area contributed by atoms with Crippen molar-refractivity contribution in [2.45, 2.75) is 19.9 Å². The second-order valence-electron chi connectivity index (χ2n) is 5.42. The molecule has 0 aromatic heterocycles. The SMILES string of the molecule is COc1cc(C2NC(=S)NC(C)=C2C(C)=O)cc(Br)c1OCC(N)=O. The number of allylic oxidation sites excluding steroid dienone is 1. The number of nitrogens with two attached hydrogens (primary N) is 1. The number of Topliss-reactive ketones (excluding diaryl/α,β-unsaturated/α-hetero) is 1. The fraction of sp³-hybridized carbons (Fsp3) is 0.312. The molecule has 4 N–H and O–H groups in total. The predicted octanol–water partition coefficient (Wildman–Crippen LogP) is 1.70. The number of ketones is 1. The van der Waals surface area contributed by atoms with E-state index in [-0.39, 0.29) is 12.4 Å². The second-order valence-corrected chi connectivity index (χ2v) is 6.68. The lowest BCUT2D eigenvalue weighted by atomic mass is 9.93. The van der Waals surface area contributed by atoms with Crippen molar-refractivity contribution in [2.75, 3.05) is 13.7 Å². The Labute approximate surface area is 159 Å². The van der Waals surface area contributed by atoms with Crippen LogP contribution in [0, 0.1) is 0 Å². The number of ether oxygens (including phenoxy) is 2. The van der Waals surface area contributed by atoms with Crippen LogP contribution < -0.4 is 25.8 Å². The number of hydrogen-bond donors (Lipinski definition) is 3. The first-order valence-electron chi connectivity index (χ1n) is 7.32. The number of benzene rings is 1. The Kier molecular flexibility index (Phi) is 6.02. The Bertz CT molecular complexity index is 779. The number of primary amides is 1. The van der Waals surface area contributed by atoms with Gasteiger partial charge in [-0.2, -0.15) is 0 Å². The van der Waals surface area contributed by atoms with E-state index < -0.39 is 11.9 Å². The molecule has 0 bridgehead atoms. The van der Waals surface area contributed by atoms with Gasteiger partial charge in [-0.1, -0.05) is 0 Å². The molecule has 0 saturated heterocycles. The molecule has 7 nitrogen and oxygen atoms in total. The summed E-state index contributed by atoms with van der Waals surface area (Å²) in [6, 6.07) is 3.07. The molecule has 9 heteroatoms. The van der Waals surface area contributed by atoms with Gasteiger partial charge < -0.3 is 25.8 Å². The number of thiocarbonyl (C=S) groups is 1. The number of halogens is 1. The minimum atomic E-state index is -0.596. The molecule has 25 heavy (non-hydrogen) atoms. The molecule has 1 aliphatic rings. The molecule has 0 radical (unpaired) electrons. The number of rotatable bonds is 6. The highest BCUT2D eigenvalue weighted by Gasteiger charge is 2.29. The van der Waals surface area contributed by atoms with E-state index in [9.17, 15) is 9.59 Å². The van der Waals surface area contributed by atoms with Crippen LogP contribution in [0.1, 0.15) is 25.5 Å². The van der Waals surface area contributed by atoms with Crippen LogP contribution >= 0.6 is 28.1 Å². The zero-order chi connectivity index (χ0) is 18.7. The standard InChI is InChI=1S/C16H18BrN3O4S/c1-7-13(8(2)21)14(20-16(25)19-7)9-4-10(17)15(11(5-9)23-3)24-6-12(18)22/h4-5,14H,6H2,1-3H3,(H2,18,22)(H2,19,20,25). The van der Waals surface area contributed by atoms with E-state index >= 15 is 0 Å². The van der Waals surface area contributed by atoms with Crippen LogP contribution in [-0.4, -0.2) is 30.5 Å². The molecule has 1 amide bonds. The average Bonchev–Trinajstić information content (AvgIpc) is 2.51. The Morgan fingerprint density at radius 2 is 2.08 bits per heavy atom. The van der Waals surface area contributed by atoms with Gasteiger partial charge in [0.2, 0.25) is 0 Å². The summed E-state index contributed by atoms with van der Waals surface area (Å²) in [5.74, 6) is 0.0824. The third kappa shape index (κ3) is 4.29. The summed E-state index contributed by atoms with van der Waals surface area (Å²) in [5.41, 5.74) is 7.15. The van der Waals surface area contributed by atoms with Crippen LogP contribution in [0.3, 0.4) is 0 Å². The highest BCUT2D eigenvalue weighted by atomic mass is 79.9. The molecule has 1 aliphatic heterocycles. The van der Waals surface area contributed by atoms with Crippen LogP contribution in [0.25, 0.3) is 0 Å². The van der Waals surface area contributed by atoms with Gasteiger partial charge in [-0.3, -0.25) is 9.59 Å². The quantitative estimate of drug-likeness (QED) is 0.593. The fourth-order valence-electron chi connectivity index (χ4n) is 2.60. The largest absolute Gasteiger partial charge is 0.493 e. The van der Waals surface area contributed by atoms with Crippen molar-refractivity contribution in [1.29, 1.82) is 0 Å². The molecule has 0 fully saturated rings. The Balaban J connectivity index is 2.50. The summed E-state index contributed by atoms with van der Waals surface area (Å²) in [4.78, 5) is 23.0. The summed E-state index contributed by atoms with van der Waals surface area (Å²) < 4.78 is 11.3. The molecule has 0 spiro atoms. The summed E-state index contributed by atoms with van der Waals surface area (Å²) in [6.45, 7) is 3.02. The molecule has 2 rings (SSSR count). The van der Waals surface area contributed by atoms with Gasteiger partial charge in [-0.15, -0.1) is 0 Å². The lowest BCUT2D eigenvalue weighted by molar-refractivity contribution is -0.120. The molecule has 0 saturated carbocycles. The first-order valence-corrected chi connectivity index (χ1v) is 8.52. The van der Waals surface area contributed by atoms with Crippen molar-refractivity contribution < 1.29 is 19.1 Å². The maximum Gasteiger partial charge on any atom is 0.255 e. The zero-order valence-corrected chi connectivity index (χ0v) is 16.3. The Morgan fingerprint density at radius 3 is 2.64 bits per heavy atom. The lowest BCUT2D eigenvalue weighted by Crippen LogP contribution is -2.44. The second kappa shape index (κ2) is 7.83. The summed E-state index contributed by atoms with van der Waals surface area (Å²) in [6.07, 6.45) is 0. The van der Waals surface area contributed by atoms with E-state index in [1.54, 1.807) is 19.1 Å². The van der Waals surface area contributed by atoms with Gasteiger partial charge in [0.05, 0.1) is 17.6 Å². The number of hydrogen-bond acceptors (Lipinski definition) is 5. The maximum absolute atomic E-state index is 12.1. The highest BCUT2D eigenvalue weighted by molar-refractivity contribution is 9.10. The number of amides is 1. The molecule has 1 aromatic carbocycles. The van der Waals surface area contributed by atoms with Gasteiger partial charge in [0.1, 0.15) is 0 Å². The van der Waals surface area contributed by atoms with Crippen LogP contribution in [0.4, 0.5) is 0 Å². The highest BCUT2D eigenvalue weighted by Crippen LogP contribution is 2.40. The third-order valence-corrected chi connectivity index (χ3v) is 4.40. The predicted molar refractivity (Wildman–Crippen MR) is 100 cm³/mol. The van der Waals surface area contributed by atoms with Crippen molar-refractivity contribution >= 4 is 45.0 Å². The summed E-state index contributed by atoms with van der Waals surface area (Å²) >= 11 is 8.61. The number of methoxy groups -OCH3 is 1. The molecule has 0 aliphatic carbocycles. The molecular weight excluding hydrogens is 410 g/mol. The van der Waals surface area contributed by atoms with Crippen molar-refractivity contribution in [3.8, 4) is 11.5 Å². The van der Waals surface area contributed by atoms with Crippen molar-refractivity contribution in [1.82, 2.24) is 10.6 Å².